The number of benzene rings is 1. The monoisotopic (exact) mass is 253 g/mol. The molecule has 2 N–H and O–H groups in total. The van der Waals surface area contributed by atoms with Crippen molar-refractivity contribution in [2.75, 3.05) is 0 Å². The van der Waals surface area contributed by atoms with Crippen molar-refractivity contribution in [1.29, 1.82) is 0 Å². The Hall–Kier alpha value is -1.91. The molecule has 0 saturated heterocycles. The van der Waals surface area contributed by atoms with E-state index in [9.17, 15) is 14.0 Å². The van der Waals surface area contributed by atoms with Crippen LogP contribution in [-0.4, -0.2) is 23.0 Å². The first-order valence-electron chi connectivity index (χ1n) is 5.62. The second-order valence-corrected chi connectivity index (χ2v) is 4.49. The largest absolute Gasteiger partial charge is 0.480 e. The van der Waals surface area contributed by atoms with Gasteiger partial charge in [-0.2, -0.15) is 0 Å². The van der Waals surface area contributed by atoms with Gasteiger partial charge >= 0.3 is 5.97 Å². The second kappa shape index (κ2) is 5.62. The van der Waals surface area contributed by atoms with E-state index >= 15 is 0 Å². The van der Waals surface area contributed by atoms with Gasteiger partial charge in [0.05, 0.1) is 0 Å². The van der Waals surface area contributed by atoms with E-state index in [1.165, 1.54) is 12.1 Å². The minimum absolute atomic E-state index is 0.155. The zero-order valence-electron chi connectivity index (χ0n) is 10.5. The molecule has 0 bridgehead atoms. The van der Waals surface area contributed by atoms with Crippen molar-refractivity contribution in [3.8, 4) is 0 Å². The van der Waals surface area contributed by atoms with Crippen LogP contribution in [0.5, 0.6) is 0 Å². The van der Waals surface area contributed by atoms with Gasteiger partial charge in [-0.15, -0.1) is 0 Å². The third-order valence-electron chi connectivity index (χ3n) is 2.66. The SMILES string of the molecule is Cc1ccc(F)cc1C(=O)N[C@H](C(=O)O)C(C)C. The third kappa shape index (κ3) is 3.29. The lowest BCUT2D eigenvalue weighted by Crippen LogP contribution is -2.44. The summed E-state index contributed by atoms with van der Waals surface area (Å²) in [6.45, 7) is 5.05. The molecule has 0 radical (unpaired) electrons. The van der Waals surface area contributed by atoms with Crippen LogP contribution < -0.4 is 5.32 Å². The van der Waals surface area contributed by atoms with Gasteiger partial charge in [-0.05, 0) is 30.5 Å². The van der Waals surface area contributed by atoms with E-state index < -0.39 is 23.7 Å². The molecule has 1 aromatic rings. The normalized spacial score (nSPS) is 12.3. The Balaban J connectivity index is 2.94. The fourth-order valence-corrected chi connectivity index (χ4v) is 1.57. The molecule has 0 saturated carbocycles. The standard InChI is InChI=1S/C13H16FNO3/c1-7(2)11(13(17)18)15-12(16)10-6-9(14)5-4-8(10)3/h4-7,11H,1-3H3,(H,15,16)(H,17,18)/t11-/m0/s1. The Morgan fingerprint density at radius 2 is 1.94 bits per heavy atom. The van der Waals surface area contributed by atoms with Gasteiger partial charge in [0.2, 0.25) is 0 Å². The van der Waals surface area contributed by atoms with Crippen LogP contribution in [0.25, 0.3) is 0 Å². The number of aryl methyl sites for hydroxylation is 1. The summed E-state index contributed by atoms with van der Waals surface area (Å²) in [5.74, 6) is -2.46. The highest BCUT2D eigenvalue weighted by molar-refractivity contribution is 5.97. The first-order chi connectivity index (χ1) is 8.32. The summed E-state index contributed by atoms with van der Waals surface area (Å²) in [5.41, 5.74) is 0.753. The lowest BCUT2D eigenvalue weighted by Gasteiger charge is -2.18. The number of rotatable bonds is 4. The van der Waals surface area contributed by atoms with Crippen LogP contribution in [0.3, 0.4) is 0 Å². The summed E-state index contributed by atoms with van der Waals surface area (Å²) < 4.78 is 13.1. The molecular formula is C13H16FNO3. The zero-order valence-corrected chi connectivity index (χ0v) is 10.5. The van der Waals surface area contributed by atoms with Crippen LogP contribution in [0.15, 0.2) is 18.2 Å². The summed E-state index contributed by atoms with van der Waals surface area (Å²) >= 11 is 0. The maximum Gasteiger partial charge on any atom is 0.326 e. The number of hydrogen-bond acceptors (Lipinski definition) is 2. The topological polar surface area (TPSA) is 66.4 Å². The Kier molecular flexibility index (Phi) is 4.42. The Morgan fingerprint density at radius 1 is 1.33 bits per heavy atom. The number of carbonyl (C=O) groups excluding carboxylic acids is 1. The fourth-order valence-electron chi connectivity index (χ4n) is 1.57. The molecule has 1 aromatic carbocycles. The molecule has 98 valence electrons. The lowest BCUT2D eigenvalue weighted by molar-refractivity contribution is -0.140. The van der Waals surface area contributed by atoms with E-state index in [4.69, 9.17) is 5.11 Å². The predicted octanol–water partition coefficient (Wildman–Crippen LogP) is 1.97. The van der Waals surface area contributed by atoms with E-state index in [-0.39, 0.29) is 11.5 Å². The number of nitrogens with one attached hydrogen (secondary N) is 1. The molecule has 1 atom stereocenters. The number of hydrogen-bond donors (Lipinski definition) is 2. The summed E-state index contributed by atoms with van der Waals surface area (Å²) in [4.78, 5) is 22.9. The highest BCUT2D eigenvalue weighted by Gasteiger charge is 2.24. The van der Waals surface area contributed by atoms with E-state index in [1.54, 1.807) is 20.8 Å². The molecule has 0 aliphatic rings. The minimum atomic E-state index is -1.10. The lowest BCUT2D eigenvalue weighted by atomic mass is 10.0. The molecule has 0 aliphatic carbocycles. The summed E-state index contributed by atoms with van der Waals surface area (Å²) in [5, 5.41) is 11.4. The predicted molar refractivity (Wildman–Crippen MR) is 64.9 cm³/mol. The molecule has 1 amide bonds. The van der Waals surface area contributed by atoms with Gasteiger partial charge in [0.1, 0.15) is 11.9 Å². The van der Waals surface area contributed by atoms with Gasteiger partial charge in [0, 0.05) is 5.56 Å². The third-order valence-corrected chi connectivity index (χ3v) is 2.66. The number of carbonyl (C=O) groups is 2. The zero-order chi connectivity index (χ0) is 13.9. The number of carboxylic acid groups (broad SMARTS) is 1. The molecule has 0 fully saturated rings. The Labute approximate surface area is 105 Å². The molecule has 0 unspecified atom stereocenters. The summed E-state index contributed by atoms with van der Waals surface area (Å²) in [6, 6.07) is 2.85. The van der Waals surface area contributed by atoms with Crippen molar-refractivity contribution in [2.24, 2.45) is 5.92 Å². The van der Waals surface area contributed by atoms with E-state index in [0.717, 1.165) is 6.07 Å². The molecule has 18 heavy (non-hydrogen) atoms. The fraction of sp³-hybridized carbons (Fsp3) is 0.385. The first-order valence-corrected chi connectivity index (χ1v) is 5.62. The van der Waals surface area contributed by atoms with Crippen molar-refractivity contribution < 1.29 is 19.1 Å². The number of amides is 1. The number of carboxylic acids is 1. The highest BCUT2D eigenvalue weighted by Crippen LogP contribution is 2.11. The van der Waals surface area contributed by atoms with Gasteiger partial charge in [-0.1, -0.05) is 19.9 Å². The number of aliphatic carboxylic acids is 1. The van der Waals surface area contributed by atoms with Crippen LogP contribution in [0.2, 0.25) is 0 Å². The van der Waals surface area contributed by atoms with Crippen LogP contribution in [0.4, 0.5) is 4.39 Å². The van der Waals surface area contributed by atoms with Gasteiger partial charge in [-0.3, -0.25) is 4.79 Å². The summed E-state index contributed by atoms with van der Waals surface area (Å²) in [6.07, 6.45) is 0. The molecule has 5 heteroatoms. The second-order valence-electron chi connectivity index (χ2n) is 4.49. The molecule has 0 aromatic heterocycles. The maximum atomic E-state index is 13.1. The average molecular weight is 253 g/mol. The first kappa shape index (κ1) is 14.2. The van der Waals surface area contributed by atoms with E-state index in [2.05, 4.69) is 5.32 Å². The van der Waals surface area contributed by atoms with Gasteiger partial charge in [0.15, 0.2) is 0 Å². The minimum Gasteiger partial charge on any atom is -0.480 e. The molecule has 0 aliphatic heterocycles. The molecule has 0 spiro atoms. The van der Waals surface area contributed by atoms with Gasteiger partial charge < -0.3 is 10.4 Å². The Morgan fingerprint density at radius 3 is 2.44 bits per heavy atom. The number of halogens is 1. The summed E-state index contributed by atoms with van der Waals surface area (Å²) in [7, 11) is 0. The van der Waals surface area contributed by atoms with Crippen molar-refractivity contribution >= 4 is 11.9 Å². The Bertz CT molecular complexity index is 471. The molecule has 0 heterocycles. The highest BCUT2D eigenvalue weighted by atomic mass is 19.1. The quantitative estimate of drug-likeness (QED) is 0.862. The van der Waals surface area contributed by atoms with Crippen LogP contribution in [0.1, 0.15) is 29.8 Å². The van der Waals surface area contributed by atoms with Crippen molar-refractivity contribution in [1.82, 2.24) is 5.32 Å². The van der Waals surface area contributed by atoms with Gasteiger partial charge in [0.25, 0.3) is 5.91 Å². The molecule has 1 rings (SSSR count). The molecular weight excluding hydrogens is 237 g/mol. The maximum absolute atomic E-state index is 13.1. The van der Waals surface area contributed by atoms with Crippen LogP contribution in [0, 0.1) is 18.7 Å². The average Bonchev–Trinajstić information content (AvgIpc) is 2.28. The van der Waals surface area contributed by atoms with Crippen molar-refractivity contribution in [3.63, 3.8) is 0 Å². The smallest absolute Gasteiger partial charge is 0.326 e. The van der Waals surface area contributed by atoms with E-state index in [1.807, 2.05) is 0 Å². The van der Waals surface area contributed by atoms with Gasteiger partial charge in [-0.25, -0.2) is 9.18 Å². The molecule has 4 nitrogen and oxygen atoms in total. The van der Waals surface area contributed by atoms with E-state index in [0.29, 0.717) is 5.56 Å². The van der Waals surface area contributed by atoms with Crippen LogP contribution in [-0.2, 0) is 4.79 Å². The van der Waals surface area contributed by atoms with Crippen molar-refractivity contribution in [3.05, 3.63) is 35.1 Å². The van der Waals surface area contributed by atoms with Crippen molar-refractivity contribution in [2.45, 2.75) is 26.8 Å². The van der Waals surface area contributed by atoms with Crippen LogP contribution >= 0.6 is 0 Å².